The Morgan fingerprint density at radius 3 is 2.48 bits per heavy atom. The van der Waals surface area contributed by atoms with Crippen molar-refractivity contribution in [2.24, 2.45) is 0 Å². The molecular weight excluding hydrogens is 264 g/mol. The van der Waals surface area contributed by atoms with Crippen molar-refractivity contribution >= 4 is 17.8 Å². The lowest BCUT2D eigenvalue weighted by molar-refractivity contribution is 0.640. The highest BCUT2D eigenvalue weighted by molar-refractivity contribution is 5.44. The number of nitrogens with one attached hydrogen (secondary N) is 2. The first-order chi connectivity index (χ1) is 10.2. The average Bonchev–Trinajstić information content (AvgIpc) is 2.99. The van der Waals surface area contributed by atoms with Gasteiger partial charge in [0.1, 0.15) is 0 Å². The third-order valence-corrected chi connectivity index (χ3v) is 3.71. The van der Waals surface area contributed by atoms with Crippen molar-refractivity contribution in [2.75, 3.05) is 35.2 Å². The van der Waals surface area contributed by atoms with Gasteiger partial charge in [-0.05, 0) is 33.1 Å². The van der Waals surface area contributed by atoms with Gasteiger partial charge in [-0.1, -0.05) is 19.8 Å². The van der Waals surface area contributed by atoms with Crippen molar-refractivity contribution in [3.8, 4) is 0 Å². The fourth-order valence-corrected chi connectivity index (χ4v) is 2.53. The van der Waals surface area contributed by atoms with Crippen LogP contribution < -0.4 is 15.5 Å². The second kappa shape index (κ2) is 8.00. The van der Waals surface area contributed by atoms with Crippen LogP contribution in [0.2, 0.25) is 0 Å². The molecule has 118 valence electrons. The molecule has 2 rings (SSSR count). The normalized spacial score (nSPS) is 16.0. The molecule has 1 saturated heterocycles. The van der Waals surface area contributed by atoms with Crippen LogP contribution in [0.4, 0.5) is 17.8 Å². The number of nitrogens with zero attached hydrogens (tertiary/aromatic N) is 4. The SMILES string of the molecule is CCCCC(C)Nc1nc(NCC)nc(N2CCCC2)n1. The highest BCUT2D eigenvalue weighted by Gasteiger charge is 2.17. The maximum absolute atomic E-state index is 4.60. The molecular formula is C15H28N6. The first kappa shape index (κ1) is 15.8. The zero-order chi connectivity index (χ0) is 15.1. The number of anilines is 3. The minimum absolute atomic E-state index is 0.383. The molecule has 21 heavy (non-hydrogen) atoms. The van der Waals surface area contributed by atoms with Crippen LogP contribution in [0.3, 0.4) is 0 Å². The van der Waals surface area contributed by atoms with Gasteiger partial charge in [0.2, 0.25) is 17.8 Å². The summed E-state index contributed by atoms with van der Waals surface area (Å²) in [4.78, 5) is 15.8. The van der Waals surface area contributed by atoms with E-state index >= 15 is 0 Å². The van der Waals surface area contributed by atoms with Gasteiger partial charge in [0.25, 0.3) is 0 Å². The zero-order valence-electron chi connectivity index (χ0n) is 13.5. The lowest BCUT2D eigenvalue weighted by Gasteiger charge is -2.19. The van der Waals surface area contributed by atoms with Crippen LogP contribution in [-0.4, -0.2) is 40.6 Å². The van der Waals surface area contributed by atoms with E-state index < -0.39 is 0 Å². The van der Waals surface area contributed by atoms with Crippen molar-refractivity contribution < 1.29 is 0 Å². The van der Waals surface area contributed by atoms with Gasteiger partial charge in [-0.25, -0.2) is 0 Å². The van der Waals surface area contributed by atoms with E-state index in [0.29, 0.717) is 17.9 Å². The Hall–Kier alpha value is -1.59. The molecule has 1 aromatic rings. The van der Waals surface area contributed by atoms with Gasteiger partial charge < -0.3 is 15.5 Å². The quantitative estimate of drug-likeness (QED) is 0.768. The van der Waals surface area contributed by atoms with Crippen LogP contribution in [-0.2, 0) is 0 Å². The fourth-order valence-electron chi connectivity index (χ4n) is 2.53. The van der Waals surface area contributed by atoms with E-state index in [-0.39, 0.29) is 0 Å². The van der Waals surface area contributed by atoms with Crippen LogP contribution in [0.25, 0.3) is 0 Å². The summed E-state index contributed by atoms with van der Waals surface area (Å²) in [6.45, 7) is 9.34. The highest BCUT2D eigenvalue weighted by atomic mass is 15.3. The predicted molar refractivity (Wildman–Crippen MR) is 88.0 cm³/mol. The zero-order valence-corrected chi connectivity index (χ0v) is 13.5. The van der Waals surface area contributed by atoms with E-state index in [1.165, 1.54) is 25.7 Å². The molecule has 0 aromatic carbocycles. The molecule has 2 N–H and O–H groups in total. The predicted octanol–water partition coefficient (Wildman–Crippen LogP) is 2.89. The lowest BCUT2D eigenvalue weighted by Crippen LogP contribution is -2.24. The number of unbranched alkanes of at least 4 members (excludes halogenated alkanes) is 1. The summed E-state index contributed by atoms with van der Waals surface area (Å²) >= 11 is 0. The summed E-state index contributed by atoms with van der Waals surface area (Å²) in [6, 6.07) is 0.383. The van der Waals surface area contributed by atoms with E-state index in [1.807, 2.05) is 0 Å². The van der Waals surface area contributed by atoms with Gasteiger partial charge >= 0.3 is 0 Å². The van der Waals surface area contributed by atoms with Gasteiger partial charge in [0, 0.05) is 25.7 Å². The van der Waals surface area contributed by atoms with E-state index in [4.69, 9.17) is 0 Å². The third kappa shape index (κ3) is 4.72. The molecule has 6 heteroatoms. The minimum Gasteiger partial charge on any atom is -0.354 e. The van der Waals surface area contributed by atoms with Crippen molar-refractivity contribution in [3.05, 3.63) is 0 Å². The molecule has 1 atom stereocenters. The van der Waals surface area contributed by atoms with E-state index in [9.17, 15) is 0 Å². The summed E-state index contributed by atoms with van der Waals surface area (Å²) in [7, 11) is 0. The van der Waals surface area contributed by atoms with E-state index in [1.54, 1.807) is 0 Å². The molecule has 1 unspecified atom stereocenters. The van der Waals surface area contributed by atoms with Crippen molar-refractivity contribution in [1.82, 2.24) is 15.0 Å². The summed E-state index contributed by atoms with van der Waals surface area (Å²) in [5, 5.41) is 6.61. The molecule has 2 heterocycles. The molecule has 1 aliphatic rings. The van der Waals surface area contributed by atoms with Crippen molar-refractivity contribution in [3.63, 3.8) is 0 Å². The van der Waals surface area contributed by atoms with Crippen LogP contribution in [0, 0.1) is 0 Å². The van der Waals surface area contributed by atoms with Gasteiger partial charge in [-0.2, -0.15) is 15.0 Å². The van der Waals surface area contributed by atoms with Crippen LogP contribution in [0.5, 0.6) is 0 Å². The summed E-state index contributed by atoms with van der Waals surface area (Å²) in [5.74, 6) is 2.15. The molecule has 0 aliphatic carbocycles. The Balaban J connectivity index is 2.10. The Bertz CT molecular complexity index is 430. The molecule has 1 aromatic heterocycles. The van der Waals surface area contributed by atoms with Gasteiger partial charge in [-0.15, -0.1) is 0 Å². The lowest BCUT2D eigenvalue weighted by atomic mass is 10.1. The molecule has 0 amide bonds. The Morgan fingerprint density at radius 2 is 1.81 bits per heavy atom. The number of hydrogen-bond donors (Lipinski definition) is 2. The number of rotatable bonds is 8. The largest absolute Gasteiger partial charge is 0.354 e. The first-order valence-corrected chi connectivity index (χ1v) is 8.24. The summed E-state index contributed by atoms with van der Waals surface area (Å²) in [6.07, 6.45) is 6.01. The molecule has 0 spiro atoms. The molecule has 0 saturated carbocycles. The van der Waals surface area contributed by atoms with Gasteiger partial charge in [-0.3, -0.25) is 0 Å². The van der Waals surface area contributed by atoms with Gasteiger partial charge in [0.15, 0.2) is 0 Å². The summed E-state index contributed by atoms with van der Waals surface area (Å²) < 4.78 is 0. The van der Waals surface area contributed by atoms with E-state index in [0.717, 1.165) is 32.0 Å². The topological polar surface area (TPSA) is 66.0 Å². The Kier molecular flexibility index (Phi) is 6.02. The fraction of sp³-hybridized carbons (Fsp3) is 0.800. The van der Waals surface area contributed by atoms with Crippen molar-refractivity contribution in [1.29, 1.82) is 0 Å². The number of aromatic nitrogens is 3. The average molecular weight is 292 g/mol. The maximum Gasteiger partial charge on any atom is 0.231 e. The van der Waals surface area contributed by atoms with Crippen molar-refractivity contribution in [2.45, 2.75) is 58.9 Å². The minimum atomic E-state index is 0.383. The molecule has 1 fully saturated rings. The second-order valence-electron chi connectivity index (χ2n) is 5.69. The Morgan fingerprint density at radius 1 is 1.10 bits per heavy atom. The van der Waals surface area contributed by atoms with Crippen LogP contribution in [0.1, 0.15) is 52.9 Å². The van der Waals surface area contributed by atoms with Crippen LogP contribution >= 0.6 is 0 Å². The molecule has 6 nitrogen and oxygen atoms in total. The maximum atomic E-state index is 4.60. The van der Waals surface area contributed by atoms with Gasteiger partial charge in [0.05, 0.1) is 0 Å². The number of hydrogen-bond acceptors (Lipinski definition) is 6. The van der Waals surface area contributed by atoms with Crippen LogP contribution in [0.15, 0.2) is 0 Å². The standard InChI is InChI=1S/C15H28N6/c1-4-6-9-12(3)17-14-18-13(16-5-2)19-15(20-14)21-10-7-8-11-21/h12H,4-11H2,1-3H3,(H2,16,17,18,19,20). The second-order valence-corrected chi connectivity index (χ2v) is 5.69. The smallest absolute Gasteiger partial charge is 0.231 e. The first-order valence-electron chi connectivity index (χ1n) is 8.24. The monoisotopic (exact) mass is 292 g/mol. The third-order valence-electron chi connectivity index (χ3n) is 3.71. The highest BCUT2D eigenvalue weighted by Crippen LogP contribution is 2.19. The molecule has 0 bridgehead atoms. The summed E-state index contributed by atoms with van der Waals surface area (Å²) in [5.41, 5.74) is 0. The Labute approximate surface area is 127 Å². The molecule has 0 radical (unpaired) electrons. The molecule has 1 aliphatic heterocycles. The van der Waals surface area contributed by atoms with E-state index in [2.05, 4.69) is 51.3 Å².